The third kappa shape index (κ3) is 3.33. The van der Waals surface area contributed by atoms with Crippen LogP contribution in [0.2, 0.25) is 0 Å². The first-order chi connectivity index (χ1) is 15.5. The van der Waals surface area contributed by atoms with E-state index >= 15 is 0 Å². The van der Waals surface area contributed by atoms with Gasteiger partial charge in [-0.15, -0.1) is 6.58 Å². The second kappa shape index (κ2) is 8.37. The van der Waals surface area contributed by atoms with E-state index in [2.05, 4.69) is 60.3 Å². The van der Waals surface area contributed by atoms with E-state index in [1.807, 2.05) is 19.4 Å². The molecule has 0 radical (unpaired) electrons. The smallest absolute Gasteiger partial charge is 0.138 e. The summed E-state index contributed by atoms with van der Waals surface area (Å²) in [5.41, 5.74) is 2.71. The second-order valence-corrected chi connectivity index (χ2v) is 13.7. The molecule has 0 aromatic carbocycles. The highest BCUT2D eigenvalue weighted by Gasteiger charge is 2.65. The molecular formula is C32H52O. The lowest BCUT2D eigenvalue weighted by atomic mass is 9.38. The summed E-state index contributed by atoms with van der Waals surface area (Å²) < 4.78 is 0. The van der Waals surface area contributed by atoms with E-state index in [1.54, 1.807) is 0 Å². The molecule has 0 N–H and O–H groups in total. The summed E-state index contributed by atoms with van der Waals surface area (Å²) in [4.78, 5) is 12.9. The van der Waals surface area contributed by atoms with Crippen LogP contribution in [0.3, 0.4) is 0 Å². The molecule has 0 unspecified atom stereocenters. The minimum Gasteiger partial charge on any atom is -0.299 e. The molecule has 5 rings (SSSR count). The fourth-order valence-electron chi connectivity index (χ4n) is 10.5. The van der Waals surface area contributed by atoms with Crippen molar-refractivity contribution in [2.75, 3.05) is 0 Å². The van der Waals surface area contributed by atoms with E-state index in [-0.39, 0.29) is 5.41 Å². The van der Waals surface area contributed by atoms with Crippen molar-refractivity contribution in [3.63, 3.8) is 0 Å². The zero-order valence-corrected chi connectivity index (χ0v) is 23.1. The summed E-state index contributed by atoms with van der Waals surface area (Å²) in [7, 11) is 0. The molecule has 0 heterocycles. The highest BCUT2D eigenvalue weighted by atomic mass is 16.1. The lowest BCUT2D eigenvalue weighted by Gasteiger charge is -2.66. The van der Waals surface area contributed by atoms with E-state index in [0.29, 0.717) is 27.9 Å². The Bertz CT molecular complexity index is 816. The first kappa shape index (κ1) is 25.2. The molecule has 0 saturated heterocycles. The van der Waals surface area contributed by atoms with Crippen molar-refractivity contribution in [1.29, 1.82) is 0 Å². The Kier molecular flexibility index (Phi) is 6.41. The first-order valence-electron chi connectivity index (χ1n) is 14.4. The minimum atomic E-state index is -0.141. The van der Waals surface area contributed by atoms with Crippen LogP contribution in [0.1, 0.15) is 113 Å². The van der Waals surface area contributed by atoms with Crippen LogP contribution < -0.4 is 0 Å². The molecule has 0 bridgehead atoms. The summed E-state index contributed by atoms with van der Waals surface area (Å²) in [5, 5.41) is 0. The van der Waals surface area contributed by atoms with Crippen molar-refractivity contribution in [1.82, 2.24) is 0 Å². The number of allylic oxidation sites excluding steroid dienone is 3. The molecule has 1 nitrogen and oxygen atoms in total. The Morgan fingerprint density at radius 1 is 0.970 bits per heavy atom. The Morgan fingerprint density at radius 3 is 2.30 bits per heavy atom. The molecule has 0 aromatic heterocycles. The van der Waals surface area contributed by atoms with Gasteiger partial charge in [0, 0.05) is 11.8 Å². The Hall–Kier alpha value is -0.850. The Balaban J connectivity index is 0.00000126. The van der Waals surface area contributed by atoms with Crippen molar-refractivity contribution < 1.29 is 4.79 Å². The maximum absolute atomic E-state index is 12.9. The van der Waals surface area contributed by atoms with Gasteiger partial charge >= 0.3 is 0 Å². The number of carbonyl (C=O) groups excluding carboxylic acids is 1. The van der Waals surface area contributed by atoms with Crippen molar-refractivity contribution in [2.45, 2.75) is 113 Å². The van der Waals surface area contributed by atoms with Crippen LogP contribution in [0.25, 0.3) is 0 Å². The van der Waals surface area contributed by atoms with Gasteiger partial charge < -0.3 is 0 Å². The molecule has 0 amide bonds. The van der Waals surface area contributed by atoms with Crippen LogP contribution >= 0.6 is 0 Å². The zero-order valence-electron chi connectivity index (χ0n) is 23.1. The third-order valence-corrected chi connectivity index (χ3v) is 12.1. The predicted molar refractivity (Wildman–Crippen MR) is 141 cm³/mol. The van der Waals surface area contributed by atoms with Gasteiger partial charge in [0.15, 0.2) is 0 Å². The molecule has 4 saturated carbocycles. The fraction of sp³-hybridized carbons (Fsp3) is 0.844. The maximum Gasteiger partial charge on any atom is 0.138 e. The van der Waals surface area contributed by atoms with E-state index < -0.39 is 0 Å². The van der Waals surface area contributed by atoms with Gasteiger partial charge in [0.25, 0.3) is 0 Å². The summed E-state index contributed by atoms with van der Waals surface area (Å²) >= 11 is 0. The number of hydrogen-bond acceptors (Lipinski definition) is 1. The largest absolute Gasteiger partial charge is 0.299 e. The van der Waals surface area contributed by atoms with Gasteiger partial charge in [-0.25, -0.2) is 0 Å². The van der Waals surface area contributed by atoms with Gasteiger partial charge in [-0.1, -0.05) is 73.1 Å². The van der Waals surface area contributed by atoms with Gasteiger partial charge in [0.05, 0.1) is 0 Å². The lowest BCUT2D eigenvalue weighted by molar-refractivity contribution is -0.162. The molecule has 1 heteroatoms. The van der Waals surface area contributed by atoms with Crippen molar-refractivity contribution in [2.24, 2.45) is 57.2 Å². The summed E-state index contributed by atoms with van der Waals surface area (Å²) in [5.74, 6) is 5.01. The molecule has 5 aliphatic carbocycles. The normalized spacial score (nSPS) is 47.8. The molecule has 0 spiro atoms. The third-order valence-electron chi connectivity index (χ3n) is 12.1. The van der Waals surface area contributed by atoms with Gasteiger partial charge in [-0.3, -0.25) is 4.79 Å². The standard InChI is InChI=1S/C30H46O.C2H6/c1-8-30-17-11-20(19(2)3)26(30)21-9-10-24-28(6,22(21)12-18-30)15-13-23-27(4,5)25(31)14-16-29(23,24)7;1-2/h8,12,19-21,23-24,26H,1,9-11,13-18H2,2-7H3;1-2H3/t20-,21-,23-,24-,26+,28-,29-,30+;/m0./s1. The van der Waals surface area contributed by atoms with Gasteiger partial charge in [-0.05, 0) is 103 Å². The summed E-state index contributed by atoms with van der Waals surface area (Å²) in [6, 6.07) is 0. The maximum atomic E-state index is 12.9. The van der Waals surface area contributed by atoms with Crippen LogP contribution in [0.15, 0.2) is 24.3 Å². The fourth-order valence-corrected chi connectivity index (χ4v) is 10.5. The number of carbonyl (C=O) groups is 1. The average molecular weight is 453 g/mol. The Labute approximate surface area is 205 Å². The number of hydrogen-bond donors (Lipinski definition) is 0. The monoisotopic (exact) mass is 452 g/mol. The van der Waals surface area contributed by atoms with Gasteiger partial charge in [0.2, 0.25) is 0 Å². The van der Waals surface area contributed by atoms with Crippen LogP contribution in [0.5, 0.6) is 0 Å². The highest BCUT2D eigenvalue weighted by Crippen LogP contribution is 2.72. The SMILES string of the molecule is C=C[C@@]12CC=C3[C@H](CC[C@@H]4[C@@]5(C)CCC(=O)C(C)(C)[C@@H]5CC[C@@]34C)[C@H]1[C@H](C(C)C)CC2.CC. The summed E-state index contributed by atoms with van der Waals surface area (Å²) in [6.07, 6.45) is 16.2. The van der Waals surface area contributed by atoms with Crippen molar-refractivity contribution in [3.05, 3.63) is 24.3 Å². The molecule has 8 atom stereocenters. The number of fused-ring (bicyclic) bond motifs is 7. The minimum absolute atomic E-state index is 0.141. The molecule has 4 fully saturated rings. The number of Topliss-reactive ketones (excluding diaryl/α,β-unsaturated/α-hetero) is 1. The molecule has 0 aromatic rings. The average Bonchev–Trinajstić information content (AvgIpc) is 3.19. The van der Waals surface area contributed by atoms with Gasteiger partial charge in [0.1, 0.15) is 5.78 Å². The summed E-state index contributed by atoms with van der Waals surface area (Å²) in [6.45, 7) is 23.0. The van der Waals surface area contributed by atoms with E-state index in [4.69, 9.17) is 0 Å². The van der Waals surface area contributed by atoms with Gasteiger partial charge in [-0.2, -0.15) is 0 Å². The zero-order chi connectivity index (χ0) is 24.4. The lowest BCUT2D eigenvalue weighted by Crippen LogP contribution is -2.60. The molecule has 0 aliphatic heterocycles. The van der Waals surface area contributed by atoms with Crippen molar-refractivity contribution >= 4 is 5.78 Å². The predicted octanol–water partition coefficient (Wildman–Crippen LogP) is 9.04. The van der Waals surface area contributed by atoms with E-state index in [0.717, 1.165) is 42.4 Å². The van der Waals surface area contributed by atoms with Crippen LogP contribution in [0, 0.1) is 57.2 Å². The topological polar surface area (TPSA) is 17.1 Å². The molecule has 5 aliphatic rings. The number of ketones is 1. The highest BCUT2D eigenvalue weighted by molar-refractivity contribution is 5.85. The van der Waals surface area contributed by atoms with Crippen LogP contribution in [-0.2, 0) is 4.79 Å². The van der Waals surface area contributed by atoms with Crippen molar-refractivity contribution in [3.8, 4) is 0 Å². The van der Waals surface area contributed by atoms with Crippen LogP contribution in [-0.4, -0.2) is 5.78 Å². The van der Waals surface area contributed by atoms with E-state index in [9.17, 15) is 4.79 Å². The quantitative estimate of drug-likeness (QED) is 0.382. The molecular weight excluding hydrogens is 400 g/mol. The van der Waals surface area contributed by atoms with Crippen LogP contribution in [0.4, 0.5) is 0 Å². The molecule has 186 valence electrons. The van der Waals surface area contributed by atoms with E-state index in [1.165, 1.54) is 44.9 Å². The molecule has 33 heavy (non-hydrogen) atoms. The Morgan fingerprint density at radius 2 is 1.67 bits per heavy atom. The second-order valence-electron chi connectivity index (χ2n) is 13.7. The number of rotatable bonds is 2. The first-order valence-corrected chi connectivity index (χ1v) is 14.4.